The Morgan fingerprint density at radius 1 is 1.00 bits per heavy atom. The number of anilines is 1. The number of piperidine rings is 1. The highest BCUT2D eigenvalue weighted by atomic mass is 15.1. The van der Waals surface area contributed by atoms with Gasteiger partial charge in [-0.05, 0) is 79.7 Å². The molecule has 196 valence electrons. The Kier molecular flexibility index (Phi) is 12.7. The number of aryl methyl sites for hydroxylation is 1. The molecule has 2 aromatic carbocycles. The van der Waals surface area contributed by atoms with E-state index in [1.807, 2.05) is 33.9 Å². The summed E-state index contributed by atoms with van der Waals surface area (Å²) in [6.45, 7) is 15.5. The highest BCUT2D eigenvalue weighted by molar-refractivity contribution is 5.82. The molecule has 2 aliphatic heterocycles. The highest BCUT2D eigenvalue weighted by Gasteiger charge is 2.19. The van der Waals surface area contributed by atoms with Crippen LogP contribution in [0.2, 0.25) is 0 Å². The lowest BCUT2D eigenvalue weighted by molar-refractivity contribution is 0.201. The summed E-state index contributed by atoms with van der Waals surface area (Å²) < 4.78 is 0. The molecule has 2 aliphatic rings. The van der Waals surface area contributed by atoms with Crippen LogP contribution in [-0.4, -0.2) is 48.6 Å². The molecule has 5 rings (SSSR count). The Hall–Kier alpha value is -2.69. The van der Waals surface area contributed by atoms with Gasteiger partial charge in [0.2, 0.25) is 0 Å². The van der Waals surface area contributed by atoms with E-state index < -0.39 is 0 Å². The third-order valence-corrected chi connectivity index (χ3v) is 6.68. The minimum Gasteiger partial charge on any atom is -0.381 e. The van der Waals surface area contributed by atoms with E-state index >= 15 is 0 Å². The summed E-state index contributed by atoms with van der Waals surface area (Å²) in [7, 11) is 0. The normalized spacial score (nSPS) is 15.2. The van der Waals surface area contributed by atoms with Crippen molar-refractivity contribution in [1.29, 1.82) is 0 Å². The molecule has 4 nitrogen and oxygen atoms in total. The van der Waals surface area contributed by atoms with E-state index in [9.17, 15) is 0 Å². The zero-order valence-corrected chi connectivity index (χ0v) is 22.4. The van der Waals surface area contributed by atoms with Gasteiger partial charge in [0.15, 0.2) is 0 Å². The van der Waals surface area contributed by atoms with Crippen molar-refractivity contribution in [2.75, 3.05) is 38.0 Å². The average Bonchev–Trinajstić information content (AvgIpc) is 2.93. The van der Waals surface area contributed by atoms with Gasteiger partial charge in [-0.25, -0.2) is 0 Å². The van der Waals surface area contributed by atoms with E-state index in [0.29, 0.717) is 6.04 Å². The van der Waals surface area contributed by atoms with E-state index in [-0.39, 0.29) is 7.43 Å². The van der Waals surface area contributed by atoms with Gasteiger partial charge in [-0.1, -0.05) is 71.5 Å². The van der Waals surface area contributed by atoms with Gasteiger partial charge in [0, 0.05) is 42.9 Å². The first-order valence-electron chi connectivity index (χ1n) is 13.6. The van der Waals surface area contributed by atoms with Crippen molar-refractivity contribution < 1.29 is 0 Å². The van der Waals surface area contributed by atoms with Gasteiger partial charge < -0.3 is 15.5 Å². The Balaban J connectivity index is 0.000000871. The lowest BCUT2D eigenvalue weighted by Gasteiger charge is -2.33. The van der Waals surface area contributed by atoms with Crippen molar-refractivity contribution in [3.8, 4) is 0 Å². The number of rotatable bonds is 6. The molecule has 2 N–H and O–H groups in total. The quantitative estimate of drug-likeness (QED) is 0.381. The fraction of sp³-hybridized carbons (Fsp3) is 0.469. The molecule has 0 bridgehead atoms. The summed E-state index contributed by atoms with van der Waals surface area (Å²) in [6, 6.07) is 18.0. The number of benzene rings is 2. The van der Waals surface area contributed by atoms with Gasteiger partial charge in [0.05, 0.1) is 5.52 Å². The van der Waals surface area contributed by atoms with E-state index in [1.165, 1.54) is 59.3 Å². The number of pyridine rings is 1. The van der Waals surface area contributed by atoms with Crippen molar-refractivity contribution in [2.24, 2.45) is 0 Å². The Morgan fingerprint density at radius 3 is 2.53 bits per heavy atom. The van der Waals surface area contributed by atoms with Crippen LogP contribution in [-0.2, 0) is 6.42 Å². The first-order chi connectivity index (χ1) is 17.2. The van der Waals surface area contributed by atoms with Gasteiger partial charge in [0.25, 0.3) is 0 Å². The molecule has 3 heterocycles. The van der Waals surface area contributed by atoms with Crippen LogP contribution in [0.25, 0.3) is 17.0 Å². The van der Waals surface area contributed by atoms with Crippen molar-refractivity contribution in [3.63, 3.8) is 0 Å². The van der Waals surface area contributed by atoms with Gasteiger partial charge in [-0.3, -0.25) is 4.98 Å². The second-order valence-corrected chi connectivity index (χ2v) is 8.99. The third kappa shape index (κ3) is 7.91. The number of para-hydroxylation sites is 1. The van der Waals surface area contributed by atoms with Crippen LogP contribution in [0.5, 0.6) is 0 Å². The lowest BCUT2D eigenvalue weighted by Crippen LogP contribution is -2.44. The van der Waals surface area contributed by atoms with E-state index in [0.717, 1.165) is 31.6 Å². The summed E-state index contributed by atoms with van der Waals surface area (Å²) in [5.74, 6) is 0. The van der Waals surface area contributed by atoms with Crippen LogP contribution in [0.1, 0.15) is 64.7 Å². The minimum atomic E-state index is 0. The molecule has 0 atom stereocenters. The topological polar surface area (TPSA) is 40.2 Å². The lowest BCUT2D eigenvalue weighted by atomic mass is 10.0. The molecular formula is C32H48N4. The van der Waals surface area contributed by atoms with E-state index in [4.69, 9.17) is 0 Å². The minimum absolute atomic E-state index is 0. The monoisotopic (exact) mass is 488 g/mol. The van der Waals surface area contributed by atoms with Gasteiger partial charge in [0.1, 0.15) is 0 Å². The number of hydrogen-bond acceptors (Lipinski definition) is 4. The maximum atomic E-state index is 4.59. The number of fused-ring (bicyclic) bond motifs is 2. The zero-order chi connectivity index (χ0) is 25.0. The van der Waals surface area contributed by atoms with Gasteiger partial charge in [-0.15, -0.1) is 0 Å². The van der Waals surface area contributed by atoms with Crippen LogP contribution in [0.3, 0.4) is 0 Å². The molecule has 0 radical (unpaired) electrons. The number of likely N-dealkylation sites (tertiary alicyclic amines) is 1. The Morgan fingerprint density at radius 2 is 1.75 bits per heavy atom. The second kappa shape index (κ2) is 15.4. The van der Waals surface area contributed by atoms with Crippen molar-refractivity contribution >= 4 is 22.7 Å². The molecule has 3 aromatic rings. The third-order valence-electron chi connectivity index (χ3n) is 6.68. The average molecular weight is 489 g/mol. The molecule has 4 heteroatoms. The molecule has 1 fully saturated rings. The van der Waals surface area contributed by atoms with Crippen LogP contribution >= 0.6 is 0 Å². The Labute approximate surface area is 220 Å². The molecule has 1 aromatic heterocycles. The van der Waals surface area contributed by atoms with Crippen molar-refractivity contribution in [1.82, 2.24) is 15.2 Å². The fourth-order valence-electron chi connectivity index (χ4n) is 4.82. The van der Waals surface area contributed by atoms with Crippen LogP contribution in [0, 0.1) is 6.92 Å². The molecule has 0 spiro atoms. The molecule has 36 heavy (non-hydrogen) atoms. The number of hydrogen-bond donors (Lipinski definition) is 2. The summed E-state index contributed by atoms with van der Waals surface area (Å²) in [6.07, 6.45) is 7.86. The van der Waals surface area contributed by atoms with Gasteiger partial charge in [-0.2, -0.15) is 0 Å². The summed E-state index contributed by atoms with van der Waals surface area (Å²) in [5, 5.41) is 8.65. The largest absolute Gasteiger partial charge is 0.381 e. The van der Waals surface area contributed by atoms with E-state index in [1.54, 1.807) is 0 Å². The van der Waals surface area contributed by atoms with Crippen molar-refractivity contribution in [3.05, 3.63) is 77.0 Å². The number of nitrogens with one attached hydrogen (secondary N) is 2. The summed E-state index contributed by atoms with van der Waals surface area (Å²) in [5.41, 5.74) is 7.77. The number of aromatic nitrogens is 1. The number of nitrogens with zero attached hydrogens (tertiary/aromatic N) is 2. The van der Waals surface area contributed by atoms with E-state index in [2.05, 4.69) is 82.0 Å². The molecule has 1 saturated heterocycles. The zero-order valence-electron chi connectivity index (χ0n) is 22.4. The summed E-state index contributed by atoms with van der Waals surface area (Å²) in [4.78, 5) is 7.21. The first-order valence-corrected chi connectivity index (χ1v) is 13.6. The Bertz CT molecular complexity index is 1080. The fourth-order valence-corrected chi connectivity index (χ4v) is 4.82. The first kappa shape index (κ1) is 29.5. The van der Waals surface area contributed by atoms with Gasteiger partial charge >= 0.3 is 0 Å². The molecule has 0 saturated carbocycles. The molecule has 0 amide bonds. The molecule has 0 aliphatic carbocycles. The predicted molar refractivity (Wildman–Crippen MR) is 160 cm³/mol. The van der Waals surface area contributed by atoms with Crippen LogP contribution < -0.4 is 10.6 Å². The summed E-state index contributed by atoms with van der Waals surface area (Å²) >= 11 is 0. The maximum absolute atomic E-state index is 4.59. The smallest absolute Gasteiger partial charge is 0.0704 e. The van der Waals surface area contributed by atoms with Crippen LogP contribution in [0.4, 0.5) is 5.69 Å². The molecule has 0 unspecified atom stereocenters. The predicted octanol–water partition coefficient (Wildman–Crippen LogP) is 7.34. The SMILES string of the molecule is C.CC.CC.Cc1cnc2cccc(CCN3CCC(NCC4=Cc5ccccc5NC4)CC3)c2c1. The molecular weight excluding hydrogens is 440 g/mol. The second-order valence-electron chi connectivity index (χ2n) is 8.99. The highest BCUT2D eigenvalue weighted by Crippen LogP contribution is 2.23. The standard InChI is InChI=1S/C27H32N4.2C2H6.CH4/c1-20-15-25-22(6-4-8-27(25)29-17-20)9-12-31-13-10-24(11-14-31)28-18-21-16-23-5-2-3-7-26(23)30-19-21;2*1-2;/h2-8,15-17,24,28,30H,9-14,18-19H2,1H3;2*1-2H3;1H4. The van der Waals surface area contributed by atoms with Crippen molar-refractivity contribution in [2.45, 2.75) is 67.3 Å². The maximum Gasteiger partial charge on any atom is 0.0704 e. The van der Waals surface area contributed by atoms with Crippen LogP contribution in [0.15, 0.2) is 60.3 Å².